The number of carbonyl (C=O) groups excluding carboxylic acids is 1. The Balaban J connectivity index is 1.76. The van der Waals surface area contributed by atoms with E-state index in [9.17, 15) is 9.90 Å². The number of amides is 1. The number of aryl methyl sites for hydroxylation is 2. The largest absolute Gasteiger partial charge is 0.394 e. The molecule has 2 rings (SSSR count). The molecule has 2 N–H and O–H groups in total. The topological polar surface area (TPSA) is 78.6 Å². The highest BCUT2D eigenvalue weighted by atomic mass is 16.3. The van der Waals surface area contributed by atoms with E-state index in [1.54, 1.807) is 10.9 Å². The molecule has 20 heavy (non-hydrogen) atoms. The maximum Gasteiger partial charge on any atom is 0.222 e. The summed E-state index contributed by atoms with van der Waals surface area (Å²) < 4.78 is 1.79. The van der Waals surface area contributed by atoms with Crippen LogP contribution < -0.4 is 0 Å². The highest BCUT2D eigenvalue weighted by Gasteiger charge is 2.26. The number of piperidine rings is 1. The molecular formula is C14H23N3O3. The van der Waals surface area contributed by atoms with Crippen LogP contribution >= 0.6 is 0 Å². The minimum absolute atomic E-state index is 0.112. The zero-order valence-corrected chi connectivity index (χ0v) is 11.9. The summed E-state index contributed by atoms with van der Waals surface area (Å²) in [6.45, 7) is 1.15. The van der Waals surface area contributed by atoms with E-state index in [0.717, 1.165) is 18.5 Å². The molecule has 1 aromatic heterocycles. The number of aliphatic hydroxyl groups excluding tert-OH is 2. The zero-order valence-electron chi connectivity index (χ0n) is 11.9. The third-order valence-electron chi connectivity index (χ3n) is 4.14. The van der Waals surface area contributed by atoms with Crippen molar-refractivity contribution < 1.29 is 15.0 Å². The first-order valence-electron chi connectivity index (χ1n) is 7.15. The highest BCUT2D eigenvalue weighted by molar-refractivity contribution is 5.76. The van der Waals surface area contributed by atoms with Crippen molar-refractivity contribution in [2.75, 3.05) is 19.7 Å². The summed E-state index contributed by atoms with van der Waals surface area (Å²) >= 11 is 0. The number of aliphatic hydroxyl groups is 2. The minimum atomic E-state index is -0.651. The fraction of sp³-hybridized carbons (Fsp3) is 0.714. The third-order valence-corrected chi connectivity index (χ3v) is 4.14. The van der Waals surface area contributed by atoms with E-state index in [2.05, 4.69) is 5.10 Å². The first-order valence-corrected chi connectivity index (χ1v) is 7.15. The summed E-state index contributed by atoms with van der Waals surface area (Å²) in [7, 11) is 1.88. The van der Waals surface area contributed by atoms with Crippen LogP contribution in [0.1, 0.15) is 25.0 Å². The molecule has 0 spiro atoms. The van der Waals surface area contributed by atoms with Gasteiger partial charge in [-0.05, 0) is 31.2 Å². The van der Waals surface area contributed by atoms with Gasteiger partial charge < -0.3 is 15.1 Å². The molecule has 1 saturated heterocycles. The maximum absolute atomic E-state index is 12.1. The van der Waals surface area contributed by atoms with Crippen LogP contribution in [-0.4, -0.2) is 56.6 Å². The van der Waals surface area contributed by atoms with Gasteiger partial charge in [0, 0.05) is 38.4 Å². The van der Waals surface area contributed by atoms with Crippen LogP contribution in [0.3, 0.4) is 0 Å². The number of aromatic nitrogens is 2. The van der Waals surface area contributed by atoms with E-state index in [0.29, 0.717) is 25.9 Å². The van der Waals surface area contributed by atoms with Gasteiger partial charge in [0.2, 0.25) is 5.91 Å². The van der Waals surface area contributed by atoms with Crippen molar-refractivity contribution in [2.24, 2.45) is 13.0 Å². The molecule has 112 valence electrons. The molecule has 0 radical (unpaired) electrons. The number of likely N-dealkylation sites (tertiary alicyclic amines) is 1. The van der Waals surface area contributed by atoms with E-state index < -0.39 is 6.10 Å². The standard InChI is InChI=1S/C14H23N3O3/c1-16-12(4-7-15-16)2-3-14(20)17-8-5-11(6-9-17)13(19)10-18/h4,7,11,13,18-19H,2-3,5-6,8-10H2,1H3. The van der Waals surface area contributed by atoms with Gasteiger partial charge in [0.1, 0.15) is 0 Å². The Labute approximate surface area is 119 Å². The minimum Gasteiger partial charge on any atom is -0.394 e. The quantitative estimate of drug-likeness (QED) is 0.793. The molecule has 2 heterocycles. The maximum atomic E-state index is 12.1. The Kier molecular flexibility index (Phi) is 5.14. The number of hydrogen-bond donors (Lipinski definition) is 2. The van der Waals surface area contributed by atoms with Crippen LogP contribution in [-0.2, 0) is 18.3 Å². The van der Waals surface area contributed by atoms with E-state index in [-0.39, 0.29) is 18.4 Å². The van der Waals surface area contributed by atoms with Crippen LogP contribution in [0.4, 0.5) is 0 Å². The molecule has 1 unspecified atom stereocenters. The van der Waals surface area contributed by atoms with Gasteiger partial charge in [-0.1, -0.05) is 0 Å². The second-order valence-corrected chi connectivity index (χ2v) is 5.41. The van der Waals surface area contributed by atoms with Crippen molar-refractivity contribution in [3.63, 3.8) is 0 Å². The Morgan fingerprint density at radius 2 is 2.20 bits per heavy atom. The summed E-state index contributed by atoms with van der Waals surface area (Å²) in [6.07, 6.45) is 3.81. The Morgan fingerprint density at radius 1 is 1.50 bits per heavy atom. The smallest absolute Gasteiger partial charge is 0.222 e. The first-order chi connectivity index (χ1) is 9.61. The van der Waals surface area contributed by atoms with Crippen LogP contribution in [0.25, 0.3) is 0 Å². The molecule has 1 atom stereocenters. The number of nitrogens with zero attached hydrogens (tertiary/aromatic N) is 3. The fourth-order valence-electron chi connectivity index (χ4n) is 2.72. The Morgan fingerprint density at radius 3 is 2.75 bits per heavy atom. The molecule has 0 bridgehead atoms. The molecule has 1 aromatic rings. The molecular weight excluding hydrogens is 258 g/mol. The Bertz CT molecular complexity index is 439. The van der Waals surface area contributed by atoms with Crippen molar-refractivity contribution in [2.45, 2.75) is 31.8 Å². The molecule has 0 aromatic carbocycles. The lowest BCUT2D eigenvalue weighted by atomic mass is 9.91. The summed E-state index contributed by atoms with van der Waals surface area (Å²) in [6, 6.07) is 1.93. The van der Waals surface area contributed by atoms with E-state index >= 15 is 0 Å². The average Bonchev–Trinajstić information content (AvgIpc) is 2.89. The van der Waals surface area contributed by atoms with Crippen LogP contribution in [0.2, 0.25) is 0 Å². The fourth-order valence-corrected chi connectivity index (χ4v) is 2.72. The van der Waals surface area contributed by atoms with Gasteiger partial charge in [0.05, 0.1) is 12.7 Å². The second-order valence-electron chi connectivity index (χ2n) is 5.41. The molecule has 1 aliphatic rings. The van der Waals surface area contributed by atoms with E-state index in [1.807, 2.05) is 18.0 Å². The second kappa shape index (κ2) is 6.85. The summed E-state index contributed by atoms with van der Waals surface area (Å²) in [5.41, 5.74) is 1.06. The van der Waals surface area contributed by atoms with Crippen LogP contribution in [0, 0.1) is 5.92 Å². The van der Waals surface area contributed by atoms with E-state index in [4.69, 9.17) is 5.11 Å². The van der Waals surface area contributed by atoms with Gasteiger partial charge in [-0.3, -0.25) is 9.48 Å². The van der Waals surface area contributed by atoms with Gasteiger partial charge in [0.15, 0.2) is 0 Å². The predicted octanol–water partition coefficient (Wildman–Crippen LogP) is -0.0555. The predicted molar refractivity (Wildman–Crippen MR) is 73.9 cm³/mol. The first kappa shape index (κ1) is 15.0. The van der Waals surface area contributed by atoms with Gasteiger partial charge in [-0.15, -0.1) is 0 Å². The summed E-state index contributed by atoms with van der Waals surface area (Å²) in [5, 5.41) is 22.6. The van der Waals surface area contributed by atoms with Crippen molar-refractivity contribution in [3.05, 3.63) is 18.0 Å². The Hall–Kier alpha value is -1.40. The molecule has 6 heteroatoms. The monoisotopic (exact) mass is 281 g/mol. The molecule has 1 fully saturated rings. The summed E-state index contributed by atoms with van der Waals surface area (Å²) in [4.78, 5) is 14.0. The lowest BCUT2D eigenvalue weighted by Gasteiger charge is -2.33. The van der Waals surface area contributed by atoms with E-state index in [1.165, 1.54) is 0 Å². The molecule has 0 saturated carbocycles. The summed E-state index contributed by atoms with van der Waals surface area (Å²) in [5.74, 6) is 0.268. The third kappa shape index (κ3) is 3.58. The highest BCUT2D eigenvalue weighted by Crippen LogP contribution is 2.21. The molecule has 1 amide bonds. The van der Waals surface area contributed by atoms with Crippen LogP contribution in [0.15, 0.2) is 12.3 Å². The molecule has 1 aliphatic heterocycles. The number of rotatable bonds is 5. The van der Waals surface area contributed by atoms with Gasteiger partial charge in [-0.2, -0.15) is 5.10 Å². The van der Waals surface area contributed by atoms with Crippen LogP contribution in [0.5, 0.6) is 0 Å². The van der Waals surface area contributed by atoms with Gasteiger partial charge in [-0.25, -0.2) is 0 Å². The normalized spacial score (nSPS) is 18.2. The lowest BCUT2D eigenvalue weighted by Crippen LogP contribution is -2.42. The number of carbonyl (C=O) groups is 1. The van der Waals surface area contributed by atoms with Crippen molar-refractivity contribution in [1.82, 2.24) is 14.7 Å². The number of hydrogen-bond acceptors (Lipinski definition) is 4. The average molecular weight is 281 g/mol. The SMILES string of the molecule is Cn1nccc1CCC(=O)N1CCC(C(O)CO)CC1. The van der Waals surface area contributed by atoms with Crippen molar-refractivity contribution in [3.8, 4) is 0 Å². The molecule has 6 nitrogen and oxygen atoms in total. The van der Waals surface area contributed by atoms with Gasteiger partial charge >= 0.3 is 0 Å². The van der Waals surface area contributed by atoms with Crippen molar-refractivity contribution >= 4 is 5.91 Å². The van der Waals surface area contributed by atoms with Crippen molar-refractivity contribution in [1.29, 1.82) is 0 Å². The lowest BCUT2D eigenvalue weighted by molar-refractivity contribution is -0.133. The zero-order chi connectivity index (χ0) is 14.5. The molecule has 0 aliphatic carbocycles. The van der Waals surface area contributed by atoms with Gasteiger partial charge in [0.25, 0.3) is 0 Å².